The molecule has 0 radical (unpaired) electrons. The van der Waals surface area contributed by atoms with Gasteiger partial charge in [-0.3, -0.25) is 14.2 Å². The molecule has 1 aromatic heterocycles. The molecule has 1 fully saturated rings. The molecule has 2 aromatic rings. The first-order valence-corrected chi connectivity index (χ1v) is 11.3. The lowest BCUT2D eigenvalue weighted by atomic mass is 9.94. The first-order valence-electron chi connectivity index (χ1n) is 10.4. The lowest BCUT2D eigenvalue weighted by Crippen LogP contribution is -2.44. The third-order valence-electron chi connectivity index (χ3n) is 5.56. The fraction of sp³-hybridized carbons (Fsp3) is 0.591. The van der Waals surface area contributed by atoms with Crippen molar-refractivity contribution in [1.29, 1.82) is 0 Å². The third kappa shape index (κ3) is 4.27. The number of rotatable bonds is 6. The molecule has 1 heterocycles. The van der Waals surface area contributed by atoms with E-state index in [4.69, 9.17) is 4.98 Å². The van der Waals surface area contributed by atoms with E-state index in [9.17, 15) is 9.59 Å². The zero-order valence-electron chi connectivity index (χ0n) is 17.4. The molecule has 0 aliphatic heterocycles. The molecule has 0 N–H and O–H groups in total. The molecule has 1 atom stereocenters. The summed E-state index contributed by atoms with van der Waals surface area (Å²) in [5.41, 5.74) is 0.647. The lowest BCUT2D eigenvalue weighted by molar-refractivity contribution is -0.133. The fourth-order valence-electron chi connectivity index (χ4n) is 4.09. The summed E-state index contributed by atoms with van der Waals surface area (Å²) in [5.74, 6) is 0.150. The van der Waals surface area contributed by atoms with Crippen molar-refractivity contribution in [3.63, 3.8) is 0 Å². The van der Waals surface area contributed by atoms with Gasteiger partial charge in [0.1, 0.15) is 0 Å². The summed E-state index contributed by atoms with van der Waals surface area (Å²) in [6.07, 6.45) is 5.88. The number of aromatic nitrogens is 2. The minimum Gasteiger partial charge on any atom is -0.339 e. The third-order valence-corrected chi connectivity index (χ3v) is 6.62. The van der Waals surface area contributed by atoms with Crippen LogP contribution in [0.3, 0.4) is 0 Å². The number of amides is 1. The van der Waals surface area contributed by atoms with Gasteiger partial charge in [-0.15, -0.1) is 0 Å². The van der Waals surface area contributed by atoms with Gasteiger partial charge < -0.3 is 4.90 Å². The van der Waals surface area contributed by atoms with Crippen molar-refractivity contribution in [2.24, 2.45) is 0 Å². The Morgan fingerprint density at radius 2 is 1.89 bits per heavy atom. The topological polar surface area (TPSA) is 55.2 Å². The standard InChI is InChI=1S/C22H31N3O2S/c1-5-24(17-11-7-6-8-12-17)20(26)16(4)28-22-23-19-14-10-9-13-18(19)21(27)25(22)15(2)3/h9-10,13-17H,5-8,11-12H2,1-4H3/t16-/m1/s1. The van der Waals surface area contributed by atoms with Crippen LogP contribution in [0.15, 0.2) is 34.2 Å². The number of benzene rings is 1. The van der Waals surface area contributed by atoms with Crippen LogP contribution in [0.1, 0.15) is 65.8 Å². The maximum Gasteiger partial charge on any atom is 0.262 e. The zero-order chi connectivity index (χ0) is 20.3. The Balaban J connectivity index is 1.89. The van der Waals surface area contributed by atoms with Crippen LogP contribution in [0.25, 0.3) is 10.9 Å². The van der Waals surface area contributed by atoms with Gasteiger partial charge in [-0.1, -0.05) is 43.2 Å². The van der Waals surface area contributed by atoms with Gasteiger partial charge in [0.15, 0.2) is 5.16 Å². The maximum absolute atomic E-state index is 13.2. The molecule has 5 nitrogen and oxygen atoms in total. The minimum absolute atomic E-state index is 0.0185. The number of hydrogen-bond acceptors (Lipinski definition) is 4. The van der Waals surface area contributed by atoms with Gasteiger partial charge in [0.25, 0.3) is 5.56 Å². The monoisotopic (exact) mass is 401 g/mol. The number of nitrogens with zero attached hydrogens (tertiary/aromatic N) is 3. The van der Waals surface area contributed by atoms with Crippen molar-refractivity contribution in [2.45, 2.75) is 82.3 Å². The van der Waals surface area contributed by atoms with E-state index >= 15 is 0 Å². The number of carbonyl (C=O) groups excluding carboxylic acids is 1. The van der Waals surface area contributed by atoms with Crippen molar-refractivity contribution in [1.82, 2.24) is 14.5 Å². The number of fused-ring (bicyclic) bond motifs is 1. The second-order valence-electron chi connectivity index (χ2n) is 7.86. The van der Waals surface area contributed by atoms with E-state index in [0.29, 0.717) is 22.1 Å². The second kappa shape index (κ2) is 9.12. The van der Waals surface area contributed by atoms with E-state index in [2.05, 4.69) is 6.92 Å². The summed E-state index contributed by atoms with van der Waals surface area (Å²) >= 11 is 1.40. The molecule has 1 saturated carbocycles. The fourth-order valence-corrected chi connectivity index (χ4v) is 5.20. The van der Waals surface area contributed by atoms with Gasteiger partial charge in [0.2, 0.25) is 5.91 Å². The van der Waals surface area contributed by atoms with Crippen LogP contribution in [-0.2, 0) is 4.79 Å². The van der Waals surface area contributed by atoms with Gasteiger partial charge in [-0.25, -0.2) is 4.98 Å². The van der Waals surface area contributed by atoms with Crippen LogP contribution >= 0.6 is 11.8 Å². The molecule has 1 aromatic carbocycles. The highest BCUT2D eigenvalue weighted by Gasteiger charge is 2.29. The molecule has 1 aliphatic rings. The first kappa shape index (κ1) is 20.9. The van der Waals surface area contributed by atoms with E-state index in [1.807, 2.05) is 49.9 Å². The quantitative estimate of drug-likeness (QED) is 0.523. The van der Waals surface area contributed by atoms with Gasteiger partial charge in [0, 0.05) is 18.6 Å². The van der Waals surface area contributed by atoms with Crippen molar-refractivity contribution >= 4 is 28.6 Å². The molecule has 0 unspecified atom stereocenters. The van der Waals surface area contributed by atoms with Crippen LogP contribution < -0.4 is 5.56 Å². The highest BCUT2D eigenvalue weighted by molar-refractivity contribution is 8.00. The summed E-state index contributed by atoms with van der Waals surface area (Å²) in [7, 11) is 0. The van der Waals surface area contributed by atoms with Crippen LogP contribution in [0, 0.1) is 0 Å². The Hall–Kier alpha value is -1.82. The Kier molecular flexibility index (Phi) is 6.81. The molecule has 28 heavy (non-hydrogen) atoms. The number of thioether (sulfide) groups is 1. The average Bonchev–Trinajstić information content (AvgIpc) is 2.69. The van der Waals surface area contributed by atoms with Crippen LogP contribution in [0.5, 0.6) is 0 Å². The number of carbonyl (C=O) groups is 1. The smallest absolute Gasteiger partial charge is 0.262 e. The highest BCUT2D eigenvalue weighted by atomic mass is 32.2. The summed E-state index contributed by atoms with van der Waals surface area (Å²) in [6, 6.07) is 7.76. The Bertz CT molecular complexity index is 887. The number of hydrogen-bond donors (Lipinski definition) is 0. The molecule has 0 saturated heterocycles. The van der Waals surface area contributed by atoms with E-state index < -0.39 is 0 Å². The largest absolute Gasteiger partial charge is 0.339 e. The molecule has 0 spiro atoms. The summed E-state index contributed by atoms with van der Waals surface area (Å²) in [4.78, 5) is 33.0. The molecule has 152 valence electrons. The SMILES string of the molecule is CCN(C(=O)[C@@H](C)Sc1nc2ccccc2c(=O)n1C(C)C)C1CCCCC1. The minimum atomic E-state index is -0.278. The Morgan fingerprint density at radius 1 is 1.21 bits per heavy atom. The summed E-state index contributed by atoms with van der Waals surface area (Å²) < 4.78 is 1.72. The highest BCUT2D eigenvalue weighted by Crippen LogP contribution is 2.28. The van der Waals surface area contributed by atoms with Crippen LogP contribution in [0.2, 0.25) is 0 Å². The van der Waals surface area contributed by atoms with Crippen molar-refractivity contribution in [3.05, 3.63) is 34.6 Å². The van der Waals surface area contributed by atoms with Gasteiger partial charge in [0.05, 0.1) is 16.2 Å². The molecule has 0 bridgehead atoms. The van der Waals surface area contributed by atoms with Crippen LogP contribution in [0.4, 0.5) is 0 Å². The number of para-hydroxylation sites is 1. The van der Waals surface area contributed by atoms with Crippen molar-refractivity contribution in [2.75, 3.05) is 6.54 Å². The summed E-state index contributed by atoms with van der Waals surface area (Å²) in [6.45, 7) is 8.69. The van der Waals surface area contributed by atoms with Crippen molar-refractivity contribution < 1.29 is 4.79 Å². The maximum atomic E-state index is 13.2. The van der Waals surface area contributed by atoms with Crippen LogP contribution in [-0.4, -0.2) is 38.2 Å². The molecule has 1 aliphatic carbocycles. The average molecular weight is 402 g/mol. The van der Waals surface area contributed by atoms with Gasteiger partial charge in [-0.2, -0.15) is 0 Å². The van der Waals surface area contributed by atoms with Gasteiger partial charge in [-0.05, 0) is 52.7 Å². The van der Waals surface area contributed by atoms with Gasteiger partial charge >= 0.3 is 0 Å². The van der Waals surface area contributed by atoms with E-state index in [-0.39, 0.29) is 22.8 Å². The molecule has 3 rings (SSSR count). The summed E-state index contributed by atoms with van der Waals surface area (Å²) in [5, 5.41) is 0.969. The zero-order valence-corrected chi connectivity index (χ0v) is 18.2. The van der Waals surface area contributed by atoms with E-state index in [1.54, 1.807) is 4.57 Å². The molecule has 6 heteroatoms. The molecule has 1 amide bonds. The van der Waals surface area contributed by atoms with Crippen molar-refractivity contribution in [3.8, 4) is 0 Å². The Labute approximate surface area is 171 Å². The first-order chi connectivity index (χ1) is 13.4. The predicted octanol–water partition coefficient (Wildman–Crippen LogP) is 4.64. The second-order valence-corrected chi connectivity index (χ2v) is 9.16. The molecular formula is C22H31N3O2S. The van der Waals surface area contributed by atoms with E-state index in [1.165, 1.54) is 31.0 Å². The molecular weight excluding hydrogens is 370 g/mol. The Morgan fingerprint density at radius 3 is 2.54 bits per heavy atom. The normalized spacial score (nSPS) is 16.5. The lowest BCUT2D eigenvalue weighted by Gasteiger charge is -2.35. The predicted molar refractivity (Wildman–Crippen MR) is 116 cm³/mol. The van der Waals surface area contributed by atoms with E-state index in [0.717, 1.165) is 19.4 Å².